The van der Waals surface area contributed by atoms with Crippen LogP contribution < -0.4 is 0 Å². The summed E-state index contributed by atoms with van der Waals surface area (Å²) in [6.45, 7) is 0. The molecule has 0 radical (unpaired) electrons. The fraction of sp³-hybridized carbons (Fsp3) is 0. The van der Waals surface area contributed by atoms with Crippen LogP contribution in [0.1, 0.15) is 11.0 Å². The van der Waals surface area contributed by atoms with E-state index < -0.39 is 24.2 Å². The second kappa shape index (κ2) is 9.44. The molecule has 0 atom stereocenters. The third-order valence-electron chi connectivity index (χ3n) is 8.30. The Labute approximate surface area is 260 Å². The molecule has 0 saturated carbocycles. The molecule has 1 aromatic heterocycles. The van der Waals surface area contributed by atoms with E-state index in [1.165, 1.54) is 0 Å². The van der Waals surface area contributed by atoms with Crippen molar-refractivity contribution in [2.24, 2.45) is 0 Å². The van der Waals surface area contributed by atoms with Crippen molar-refractivity contribution in [1.29, 1.82) is 0 Å². The average Bonchev–Trinajstić information content (AvgIpc) is 3.53. The molecule has 0 aliphatic rings. The molecule has 0 N–H and O–H groups in total. The highest BCUT2D eigenvalue weighted by Gasteiger charge is 2.17. The minimum Gasteiger partial charge on any atom is -0.456 e. The molecular weight excluding hydrogens is 520 g/mol. The molecule has 1 nitrogen and oxygen atoms in total. The average molecular weight is 555 g/mol. The topological polar surface area (TPSA) is 13.1 Å². The Bertz CT molecular complexity index is 2850. The van der Waals surface area contributed by atoms with Crippen LogP contribution in [-0.2, 0) is 0 Å². The third-order valence-corrected chi connectivity index (χ3v) is 8.30. The fourth-order valence-corrected chi connectivity index (χ4v) is 6.37. The summed E-state index contributed by atoms with van der Waals surface area (Å²) in [6.07, 6.45) is 0. The standard InChI is InChI=1S/C42H26O/c1-2-11-28(12-3-1)41-33-15-4-6-17-35(33)42(36-18-7-5-16-34(36)41)29-23-21-27(22-24-29)31-19-10-13-30-25-38-32-14-8-9-20-39(32)43-40(38)26-37(30)31/h1-26H/i4D,5D,6D,7D,15D,16D,17D,18D. The molecule has 1 heterocycles. The van der Waals surface area contributed by atoms with Crippen molar-refractivity contribution < 1.29 is 15.4 Å². The first kappa shape index (κ1) is 17.3. The molecule has 0 amide bonds. The van der Waals surface area contributed by atoms with E-state index in [2.05, 4.69) is 24.3 Å². The van der Waals surface area contributed by atoms with Crippen LogP contribution in [0.3, 0.4) is 0 Å². The number of furan rings is 1. The first-order chi connectivity index (χ1) is 24.7. The zero-order valence-corrected chi connectivity index (χ0v) is 22.8. The minimum absolute atomic E-state index is 0.197. The van der Waals surface area contributed by atoms with Gasteiger partial charge in [0.2, 0.25) is 0 Å². The predicted molar refractivity (Wildman–Crippen MR) is 183 cm³/mol. The summed E-state index contributed by atoms with van der Waals surface area (Å²) in [6, 6.07) is 32.1. The van der Waals surface area contributed by atoms with Gasteiger partial charge in [0.1, 0.15) is 11.2 Å². The molecule has 0 unspecified atom stereocenters. The molecule has 9 rings (SSSR count). The quantitative estimate of drug-likeness (QED) is 0.198. The molecule has 8 aromatic carbocycles. The lowest BCUT2D eigenvalue weighted by atomic mass is 9.85. The smallest absolute Gasteiger partial charge is 0.136 e. The predicted octanol–water partition coefficient (Wildman–Crippen LogP) is 12.0. The highest BCUT2D eigenvalue weighted by atomic mass is 16.3. The molecule has 0 fully saturated rings. The van der Waals surface area contributed by atoms with E-state index in [-0.39, 0.29) is 45.7 Å². The summed E-state index contributed by atoms with van der Waals surface area (Å²) in [7, 11) is 0. The van der Waals surface area contributed by atoms with E-state index in [1.807, 2.05) is 60.7 Å². The first-order valence-corrected chi connectivity index (χ1v) is 14.1. The summed E-state index contributed by atoms with van der Waals surface area (Å²) < 4.78 is 77.2. The van der Waals surface area contributed by atoms with Crippen LogP contribution in [0, 0.1) is 0 Å². The number of hydrogen-bond donors (Lipinski definition) is 0. The molecule has 200 valence electrons. The molecule has 0 aliphatic carbocycles. The van der Waals surface area contributed by atoms with Gasteiger partial charge in [-0.1, -0.05) is 139 Å². The highest BCUT2D eigenvalue weighted by molar-refractivity contribution is 6.21. The maximum absolute atomic E-state index is 9.15. The second-order valence-electron chi connectivity index (χ2n) is 10.7. The lowest BCUT2D eigenvalue weighted by Gasteiger charge is -2.18. The second-order valence-corrected chi connectivity index (χ2v) is 10.7. The van der Waals surface area contributed by atoms with Crippen molar-refractivity contribution in [2.45, 2.75) is 0 Å². The Kier molecular flexibility index (Phi) is 3.80. The van der Waals surface area contributed by atoms with E-state index >= 15 is 0 Å². The molecule has 0 bridgehead atoms. The lowest BCUT2D eigenvalue weighted by Crippen LogP contribution is -1.90. The number of rotatable bonds is 3. The number of benzene rings is 8. The lowest BCUT2D eigenvalue weighted by molar-refractivity contribution is 0.669. The monoisotopic (exact) mass is 554 g/mol. The van der Waals surface area contributed by atoms with Crippen LogP contribution in [0.25, 0.3) is 87.6 Å². The summed E-state index contributed by atoms with van der Waals surface area (Å²) in [5, 5.41) is 4.94. The van der Waals surface area contributed by atoms with Gasteiger partial charge in [-0.3, -0.25) is 0 Å². The van der Waals surface area contributed by atoms with Gasteiger partial charge in [-0.05, 0) is 83.9 Å². The molecule has 0 saturated heterocycles. The van der Waals surface area contributed by atoms with Gasteiger partial charge in [0.15, 0.2) is 0 Å². The van der Waals surface area contributed by atoms with Gasteiger partial charge in [0, 0.05) is 10.8 Å². The van der Waals surface area contributed by atoms with Crippen LogP contribution in [0.2, 0.25) is 0 Å². The van der Waals surface area contributed by atoms with Gasteiger partial charge in [0.05, 0.1) is 11.0 Å². The maximum Gasteiger partial charge on any atom is 0.136 e. The zero-order chi connectivity index (χ0) is 35.3. The Balaban J connectivity index is 1.35. The van der Waals surface area contributed by atoms with E-state index in [0.29, 0.717) is 22.3 Å². The normalized spacial score (nSPS) is 14.3. The first-order valence-electron chi connectivity index (χ1n) is 18.1. The molecule has 1 heteroatoms. The van der Waals surface area contributed by atoms with Gasteiger partial charge >= 0.3 is 0 Å². The summed E-state index contributed by atoms with van der Waals surface area (Å²) in [5.74, 6) is 0. The van der Waals surface area contributed by atoms with Crippen LogP contribution in [-0.4, -0.2) is 0 Å². The minimum atomic E-state index is -0.419. The van der Waals surface area contributed by atoms with Gasteiger partial charge in [0.25, 0.3) is 0 Å². The molecule has 43 heavy (non-hydrogen) atoms. The van der Waals surface area contributed by atoms with Crippen molar-refractivity contribution in [1.82, 2.24) is 0 Å². The van der Waals surface area contributed by atoms with Crippen molar-refractivity contribution in [3.8, 4) is 33.4 Å². The largest absolute Gasteiger partial charge is 0.456 e. The van der Waals surface area contributed by atoms with Crippen molar-refractivity contribution >= 4 is 54.3 Å². The summed E-state index contributed by atoms with van der Waals surface area (Å²) >= 11 is 0. The zero-order valence-electron chi connectivity index (χ0n) is 30.8. The Hall–Kier alpha value is -5.66. The highest BCUT2D eigenvalue weighted by Crippen LogP contribution is 2.44. The van der Waals surface area contributed by atoms with Crippen molar-refractivity contribution in [3.05, 3.63) is 158 Å². The van der Waals surface area contributed by atoms with Crippen LogP contribution in [0.4, 0.5) is 0 Å². The number of fused-ring (bicyclic) bond motifs is 6. The van der Waals surface area contributed by atoms with E-state index in [4.69, 9.17) is 15.4 Å². The third kappa shape index (κ3) is 3.72. The fourth-order valence-electron chi connectivity index (χ4n) is 6.37. The summed E-state index contributed by atoms with van der Waals surface area (Å²) in [4.78, 5) is 0. The molecule has 0 spiro atoms. The van der Waals surface area contributed by atoms with Crippen LogP contribution >= 0.6 is 0 Å². The summed E-state index contributed by atoms with van der Waals surface area (Å²) in [5.41, 5.74) is 5.29. The van der Waals surface area contributed by atoms with E-state index in [1.54, 1.807) is 24.3 Å². The van der Waals surface area contributed by atoms with Gasteiger partial charge in [-0.2, -0.15) is 0 Å². The van der Waals surface area contributed by atoms with Crippen LogP contribution in [0.5, 0.6) is 0 Å². The SMILES string of the molecule is [2H]c1c([2H])c([2H])c2c(-c3ccc(-c4cccc5cc6c(cc45)oc4ccccc46)cc3)c3c([2H])c([2H])c([2H])c([2H])c3c(-c3ccccc3)c2c1[2H]. The van der Waals surface area contributed by atoms with E-state index in [9.17, 15) is 0 Å². The maximum atomic E-state index is 9.15. The van der Waals surface area contributed by atoms with E-state index in [0.717, 1.165) is 43.8 Å². The Morgan fingerprint density at radius 2 is 0.977 bits per heavy atom. The number of hydrogen-bond acceptors (Lipinski definition) is 1. The van der Waals surface area contributed by atoms with Crippen molar-refractivity contribution in [3.63, 3.8) is 0 Å². The van der Waals surface area contributed by atoms with Gasteiger partial charge in [-0.25, -0.2) is 0 Å². The molecular formula is C42H26O. The molecule has 9 aromatic rings. The number of para-hydroxylation sites is 1. The van der Waals surface area contributed by atoms with Crippen molar-refractivity contribution in [2.75, 3.05) is 0 Å². The Morgan fingerprint density at radius 3 is 1.65 bits per heavy atom. The van der Waals surface area contributed by atoms with Gasteiger partial charge in [-0.15, -0.1) is 0 Å². The Morgan fingerprint density at radius 1 is 0.395 bits per heavy atom. The van der Waals surface area contributed by atoms with Gasteiger partial charge < -0.3 is 4.42 Å². The van der Waals surface area contributed by atoms with Crippen LogP contribution in [0.15, 0.2) is 162 Å². The molecule has 0 aliphatic heterocycles.